The van der Waals surface area contributed by atoms with Gasteiger partial charge in [0.2, 0.25) is 0 Å². The average Bonchev–Trinajstić information content (AvgIpc) is 3.03. The number of aromatic nitrogens is 3. The molecule has 3 rings (SSSR count). The van der Waals surface area contributed by atoms with E-state index in [0.29, 0.717) is 11.3 Å². The SMILES string of the molecule is CCOC(=O)Cn1nc(C(C)O)n2c(cc3ccsc32)c1=O. The second-order valence-corrected chi connectivity index (χ2v) is 5.74. The van der Waals surface area contributed by atoms with Crippen LogP contribution < -0.4 is 5.56 Å². The molecule has 0 aliphatic rings. The molecule has 3 heterocycles. The van der Waals surface area contributed by atoms with E-state index in [2.05, 4.69) is 5.10 Å². The van der Waals surface area contributed by atoms with Gasteiger partial charge in [0.15, 0.2) is 5.82 Å². The van der Waals surface area contributed by atoms with Gasteiger partial charge in [-0.25, -0.2) is 4.68 Å². The molecule has 0 fully saturated rings. The second-order valence-electron chi connectivity index (χ2n) is 4.85. The first-order valence-electron chi connectivity index (χ1n) is 6.86. The van der Waals surface area contributed by atoms with Gasteiger partial charge in [0, 0.05) is 5.39 Å². The fourth-order valence-corrected chi connectivity index (χ4v) is 3.27. The summed E-state index contributed by atoms with van der Waals surface area (Å²) in [6.45, 7) is 3.22. The summed E-state index contributed by atoms with van der Waals surface area (Å²) in [5, 5.41) is 16.9. The molecule has 0 radical (unpaired) electrons. The molecule has 8 heteroatoms. The largest absolute Gasteiger partial charge is 0.465 e. The molecule has 22 heavy (non-hydrogen) atoms. The Kier molecular flexibility index (Phi) is 3.71. The maximum Gasteiger partial charge on any atom is 0.327 e. The van der Waals surface area contributed by atoms with Gasteiger partial charge in [-0.05, 0) is 31.4 Å². The smallest absolute Gasteiger partial charge is 0.327 e. The molecule has 0 bridgehead atoms. The number of thiophene rings is 1. The Morgan fingerprint density at radius 1 is 1.55 bits per heavy atom. The van der Waals surface area contributed by atoms with Crippen LogP contribution in [0.3, 0.4) is 0 Å². The molecule has 3 aromatic heterocycles. The maximum absolute atomic E-state index is 12.5. The third-order valence-corrected chi connectivity index (χ3v) is 4.19. The van der Waals surface area contributed by atoms with E-state index in [1.54, 1.807) is 24.3 Å². The van der Waals surface area contributed by atoms with Gasteiger partial charge in [-0.15, -0.1) is 11.3 Å². The van der Waals surface area contributed by atoms with Crippen LogP contribution >= 0.6 is 11.3 Å². The molecule has 0 amide bonds. The van der Waals surface area contributed by atoms with Crippen LogP contribution in [0.5, 0.6) is 0 Å². The van der Waals surface area contributed by atoms with Crippen molar-refractivity contribution < 1.29 is 14.6 Å². The zero-order valence-electron chi connectivity index (χ0n) is 12.1. The number of carbonyl (C=O) groups excluding carboxylic acids is 1. The number of rotatable bonds is 4. The lowest BCUT2D eigenvalue weighted by Crippen LogP contribution is -2.31. The van der Waals surface area contributed by atoms with E-state index in [1.165, 1.54) is 11.3 Å². The van der Waals surface area contributed by atoms with Crippen LogP contribution in [-0.4, -0.2) is 31.9 Å². The van der Waals surface area contributed by atoms with Gasteiger partial charge >= 0.3 is 5.97 Å². The van der Waals surface area contributed by atoms with Crippen LogP contribution in [0, 0.1) is 0 Å². The summed E-state index contributed by atoms with van der Waals surface area (Å²) in [5.74, 6) is -0.220. The first kappa shape index (κ1) is 14.7. The first-order valence-corrected chi connectivity index (χ1v) is 7.74. The summed E-state index contributed by atoms with van der Waals surface area (Å²) in [6, 6.07) is 3.64. The fraction of sp³-hybridized carbons (Fsp3) is 0.357. The number of hydrogen-bond donors (Lipinski definition) is 1. The van der Waals surface area contributed by atoms with Gasteiger partial charge in [0.05, 0.1) is 6.61 Å². The van der Waals surface area contributed by atoms with E-state index < -0.39 is 12.1 Å². The molecule has 1 N–H and O–H groups in total. The molecule has 1 atom stereocenters. The van der Waals surface area contributed by atoms with Gasteiger partial charge in [0.25, 0.3) is 5.56 Å². The van der Waals surface area contributed by atoms with Crippen molar-refractivity contribution in [2.24, 2.45) is 0 Å². The summed E-state index contributed by atoms with van der Waals surface area (Å²) >= 11 is 1.46. The minimum absolute atomic E-state index is 0.236. The third-order valence-electron chi connectivity index (χ3n) is 3.27. The van der Waals surface area contributed by atoms with Gasteiger partial charge < -0.3 is 9.84 Å². The Morgan fingerprint density at radius 3 is 3.00 bits per heavy atom. The number of aliphatic hydroxyl groups excluding tert-OH is 1. The summed E-state index contributed by atoms with van der Waals surface area (Å²) in [7, 11) is 0. The molecule has 0 aromatic carbocycles. The molecule has 0 spiro atoms. The highest BCUT2D eigenvalue weighted by Crippen LogP contribution is 2.26. The van der Waals surface area contributed by atoms with Gasteiger partial charge in [0.1, 0.15) is 23.0 Å². The minimum Gasteiger partial charge on any atom is -0.465 e. The number of nitrogens with zero attached hydrogens (tertiary/aromatic N) is 3. The first-order chi connectivity index (χ1) is 10.5. The van der Waals surface area contributed by atoms with Crippen molar-refractivity contribution in [3.8, 4) is 0 Å². The predicted octanol–water partition coefficient (Wildman–Crippen LogP) is 1.33. The van der Waals surface area contributed by atoms with Crippen molar-refractivity contribution in [1.82, 2.24) is 14.2 Å². The molecule has 0 aliphatic heterocycles. The fourth-order valence-electron chi connectivity index (χ4n) is 2.36. The lowest BCUT2D eigenvalue weighted by molar-refractivity contribution is -0.144. The Morgan fingerprint density at radius 2 is 2.32 bits per heavy atom. The lowest BCUT2D eigenvalue weighted by Gasteiger charge is -2.12. The Bertz CT molecular complexity index is 906. The highest BCUT2D eigenvalue weighted by Gasteiger charge is 2.19. The minimum atomic E-state index is -0.880. The summed E-state index contributed by atoms with van der Waals surface area (Å²) in [6.07, 6.45) is -0.880. The van der Waals surface area contributed by atoms with Crippen molar-refractivity contribution in [1.29, 1.82) is 0 Å². The molecule has 0 saturated carbocycles. The number of carbonyl (C=O) groups is 1. The van der Waals surface area contributed by atoms with Crippen molar-refractivity contribution >= 4 is 33.0 Å². The average molecular weight is 321 g/mol. The van der Waals surface area contributed by atoms with Gasteiger partial charge in [-0.3, -0.25) is 14.0 Å². The highest BCUT2D eigenvalue weighted by atomic mass is 32.1. The predicted molar refractivity (Wildman–Crippen MR) is 82.1 cm³/mol. The van der Waals surface area contributed by atoms with Gasteiger partial charge in [-0.2, -0.15) is 5.10 Å². The number of ether oxygens (including phenoxy) is 1. The number of esters is 1. The Balaban J connectivity index is 2.25. The van der Waals surface area contributed by atoms with Crippen LogP contribution in [0.1, 0.15) is 25.8 Å². The zero-order valence-corrected chi connectivity index (χ0v) is 13.0. The summed E-state index contributed by atoms with van der Waals surface area (Å²) < 4.78 is 7.54. The van der Waals surface area contributed by atoms with E-state index in [1.807, 2.05) is 11.4 Å². The van der Waals surface area contributed by atoms with Crippen LogP contribution in [0.4, 0.5) is 0 Å². The molecule has 3 aromatic rings. The standard InChI is InChI=1S/C14H15N3O4S/c1-3-21-11(19)7-16-13(20)10-6-9-4-5-22-14(9)17(10)12(15-16)8(2)18/h4-6,8,18H,3,7H2,1-2H3. The van der Waals surface area contributed by atoms with E-state index in [0.717, 1.165) is 14.9 Å². The van der Waals surface area contributed by atoms with Crippen molar-refractivity contribution in [2.75, 3.05) is 6.61 Å². The molecular formula is C14H15N3O4S. The maximum atomic E-state index is 12.5. The Hall–Kier alpha value is -2.19. The van der Waals surface area contributed by atoms with E-state index >= 15 is 0 Å². The van der Waals surface area contributed by atoms with Crippen molar-refractivity contribution in [3.63, 3.8) is 0 Å². The molecule has 0 saturated heterocycles. The van der Waals surface area contributed by atoms with Crippen LogP contribution in [0.15, 0.2) is 22.3 Å². The van der Waals surface area contributed by atoms with Crippen LogP contribution in [-0.2, 0) is 16.1 Å². The molecule has 0 aliphatic carbocycles. The topological polar surface area (TPSA) is 85.8 Å². The third kappa shape index (κ3) is 2.30. The highest BCUT2D eigenvalue weighted by molar-refractivity contribution is 7.16. The molecule has 1 unspecified atom stereocenters. The molecule has 116 valence electrons. The van der Waals surface area contributed by atoms with Gasteiger partial charge in [-0.1, -0.05) is 0 Å². The Labute approximate surface area is 129 Å². The summed E-state index contributed by atoms with van der Waals surface area (Å²) in [5.41, 5.74) is -0.00194. The number of aliphatic hydroxyl groups is 1. The second kappa shape index (κ2) is 5.54. The lowest BCUT2D eigenvalue weighted by atomic mass is 10.4. The zero-order chi connectivity index (χ0) is 15.9. The normalized spacial score (nSPS) is 12.9. The van der Waals surface area contributed by atoms with Crippen molar-refractivity contribution in [2.45, 2.75) is 26.5 Å². The van der Waals surface area contributed by atoms with E-state index in [9.17, 15) is 14.7 Å². The summed E-state index contributed by atoms with van der Waals surface area (Å²) in [4.78, 5) is 25.0. The molecular weight excluding hydrogens is 306 g/mol. The van der Waals surface area contributed by atoms with Crippen molar-refractivity contribution in [3.05, 3.63) is 33.7 Å². The number of hydrogen-bond acceptors (Lipinski definition) is 6. The van der Waals surface area contributed by atoms with Crippen LogP contribution in [0.2, 0.25) is 0 Å². The monoisotopic (exact) mass is 321 g/mol. The number of fused-ring (bicyclic) bond motifs is 3. The quantitative estimate of drug-likeness (QED) is 0.733. The molecule has 7 nitrogen and oxygen atoms in total. The van der Waals surface area contributed by atoms with E-state index in [-0.39, 0.29) is 18.7 Å². The van der Waals surface area contributed by atoms with E-state index in [4.69, 9.17) is 4.74 Å². The van der Waals surface area contributed by atoms with Crippen LogP contribution in [0.25, 0.3) is 15.7 Å².